The maximum absolute atomic E-state index is 12.9. The highest BCUT2D eigenvalue weighted by molar-refractivity contribution is 5.97. The average molecular weight is 440 g/mol. The summed E-state index contributed by atoms with van der Waals surface area (Å²) in [5.41, 5.74) is 1.85. The first-order valence-electron chi connectivity index (χ1n) is 10.5. The summed E-state index contributed by atoms with van der Waals surface area (Å²) in [7, 11) is 1.55. The fourth-order valence-corrected chi connectivity index (χ4v) is 3.77. The smallest absolute Gasteiger partial charge is 0.251 e. The van der Waals surface area contributed by atoms with E-state index < -0.39 is 6.04 Å². The van der Waals surface area contributed by atoms with Crippen molar-refractivity contribution in [2.75, 3.05) is 13.7 Å². The summed E-state index contributed by atoms with van der Waals surface area (Å²) in [5.74, 6) is -0.00914. The highest BCUT2D eigenvalue weighted by Gasteiger charge is 2.22. The van der Waals surface area contributed by atoms with Gasteiger partial charge >= 0.3 is 0 Å². The average Bonchev–Trinajstić information content (AvgIpc) is 2.86. The van der Waals surface area contributed by atoms with Gasteiger partial charge in [0.1, 0.15) is 11.5 Å². The Morgan fingerprint density at radius 2 is 1.58 bits per heavy atom. The second kappa shape index (κ2) is 9.87. The fourth-order valence-electron chi connectivity index (χ4n) is 3.77. The largest absolute Gasteiger partial charge is 0.508 e. The molecule has 6 heteroatoms. The number of benzene rings is 4. The van der Waals surface area contributed by atoms with Gasteiger partial charge in [-0.15, -0.1) is 0 Å². The first-order valence-corrected chi connectivity index (χ1v) is 10.5. The molecule has 6 nitrogen and oxygen atoms in total. The van der Waals surface area contributed by atoms with Crippen LogP contribution in [0.15, 0.2) is 91.0 Å². The standard InChI is InChI=1S/C27H24N2O4/c1-33-21-14-11-20(12-15-21)27(32)28-17-24(31)29-26(19-8-3-2-4-9-19)25-22-10-6-5-7-18(22)13-16-23(25)30/h2-16,26,30H,17H2,1H3,(H,28,32)(H,29,31). The number of hydrogen-bond acceptors (Lipinski definition) is 4. The topological polar surface area (TPSA) is 87.7 Å². The molecule has 0 aliphatic heterocycles. The normalized spacial score (nSPS) is 11.5. The van der Waals surface area contributed by atoms with Gasteiger partial charge in [0.2, 0.25) is 5.91 Å². The third-order valence-corrected chi connectivity index (χ3v) is 5.44. The summed E-state index contributed by atoms with van der Waals surface area (Å²) in [5, 5.41) is 18.1. The fraction of sp³-hybridized carbons (Fsp3) is 0.111. The van der Waals surface area contributed by atoms with Gasteiger partial charge in [0.25, 0.3) is 5.91 Å². The lowest BCUT2D eigenvalue weighted by molar-refractivity contribution is -0.120. The summed E-state index contributed by atoms with van der Waals surface area (Å²) in [6, 6.07) is 26.6. The minimum atomic E-state index is -0.595. The van der Waals surface area contributed by atoms with Crippen LogP contribution in [-0.2, 0) is 4.79 Å². The number of phenols is 1. The molecule has 4 aromatic carbocycles. The number of methoxy groups -OCH3 is 1. The first kappa shape index (κ1) is 21.9. The first-order chi connectivity index (χ1) is 16.1. The molecule has 0 radical (unpaired) electrons. The molecule has 1 atom stereocenters. The number of carbonyl (C=O) groups is 2. The highest BCUT2D eigenvalue weighted by Crippen LogP contribution is 2.35. The van der Waals surface area contributed by atoms with Crippen LogP contribution in [0.3, 0.4) is 0 Å². The number of rotatable bonds is 7. The molecule has 166 valence electrons. The van der Waals surface area contributed by atoms with Crippen LogP contribution >= 0.6 is 0 Å². The van der Waals surface area contributed by atoms with E-state index >= 15 is 0 Å². The molecule has 0 heterocycles. The Morgan fingerprint density at radius 1 is 0.879 bits per heavy atom. The van der Waals surface area contributed by atoms with Crippen molar-refractivity contribution in [3.8, 4) is 11.5 Å². The van der Waals surface area contributed by atoms with E-state index in [-0.39, 0.29) is 24.1 Å². The van der Waals surface area contributed by atoms with Crippen LogP contribution in [-0.4, -0.2) is 30.6 Å². The van der Waals surface area contributed by atoms with Crippen LogP contribution < -0.4 is 15.4 Å². The maximum Gasteiger partial charge on any atom is 0.251 e. The van der Waals surface area contributed by atoms with Gasteiger partial charge in [-0.05, 0) is 46.7 Å². The summed E-state index contributed by atoms with van der Waals surface area (Å²) < 4.78 is 5.10. The summed E-state index contributed by atoms with van der Waals surface area (Å²) in [4.78, 5) is 25.3. The second-order valence-corrected chi connectivity index (χ2v) is 7.54. The molecule has 0 saturated carbocycles. The third-order valence-electron chi connectivity index (χ3n) is 5.44. The van der Waals surface area contributed by atoms with E-state index in [0.717, 1.165) is 16.3 Å². The number of fused-ring (bicyclic) bond motifs is 1. The Bertz CT molecular complexity index is 1270. The van der Waals surface area contributed by atoms with E-state index in [1.54, 1.807) is 37.4 Å². The van der Waals surface area contributed by atoms with Crippen molar-refractivity contribution in [2.24, 2.45) is 0 Å². The number of aromatic hydroxyl groups is 1. The molecule has 4 aromatic rings. The number of phenolic OH excluding ortho intramolecular Hbond substituents is 1. The van der Waals surface area contributed by atoms with Gasteiger partial charge in [0.05, 0.1) is 19.7 Å². The van der Waals surface area contributed by atoms with E-state index in [9.17, 15) is 14.7 Å². The Kier molecular flexibility index (Phi) is 6.55. The lowest BCUT2D eigenvalue weighted by atomic mass is 9.92. The molecule has 0 fully saturated rings. The Labute approximate surface area is 191 Å². The van der Waals surface area contributed by atoms with E-state index in [1.807, 2.05) is 60.7 Å². The monoisotopic (exact) mass is 440 g/mol. The predicted octanol–water partition coefficient (Wildman–Crippen LogP) is 4.19. The Hall–Kier alpha value is -4.32. The van der Waals surface area contributed by atoms with Crippen molar-refractivity contribution in [1.29, 1.82) is 0 Å². The molecule has 0 bridgehead atoms. The van der Waals surface area contributed by atoms with E-state index in [1.165, 1.54) is 0 Å². The number of hydrogen-bond donors (Lipinski definition) is 3. The molecule has 0 aliphatic rings. The Morgan fingerprint density at radius 3 is 2.30 bits per heavy atom. The molecule has 0 aromatic heterocycles. The second-order valence-electron chi connectivity index (χ2n) is 7.54. The summed E-state index contributed by atoms with van der Waals surface area (Å²) in [6.45, 7) is -0.209. The molecule has 1 unspecified atom stereocenters. The van der Waals surface area contributed by atoms with Crippen LogP contribution in [0.5, 0.6) is 11.5 Å². The quantitative estimate of drug-likeness (QED) is 0.402. The lowest BCUT2D eigenvalue weighted by Gasteiger charge is -2.23. The van der Waals surface area contributed by atoms with Crippen molar-refractivity contribution in [1.82, 2.24) is 10.6 Å². The van der Waals surface area contributed by atoms with Gasteiger partial charge in [0.15, 0.2) is 0 Å². The summed E-state index contributed by atoms with van der Waals surface area (Å²) in [6.07, 6.45) is 0. The van der Waals surface area contributed by atoms with Gasteiger partial charge in [-0.1, -0.05) is 60.7 Å². The Balaban J connectivity index is 1.56. The lowest BCUT2D eigenvalue weighted by Crippen LogP contribution is -2.39. The van der Waals surface area contributed by atoms with Crippen molar-refractivity contribution in [2.45, 2.75) is 6.04 Å². The zero-order chi connectivity index (χ0) is 23.2. The number of amides is 2. The van der Waals surface area contributed by atoms with Crippen molar-refractivity contribution < 1.29 is 19.4 Å². The number of carbonyl (C=O) groups excluding carboxylic acids is 2. The van der Waals surface area contributed by atoms with Gasteiger partial charge in [-0.25, -0.2) is 0 Å². The van der Waals surface area contributed by atoms with E-state index in [0.29, 0.717) is 16.9 Å². The molecule has 4 rings (SSSR count). The number of ether oxygens (including phenoxy) is 1. The van der Waals surface area contributed by atoms with Crippen molar-refractivity contribution in [3.63, 3.8) is 0 Å². The van der Waals surface area contributed by atoms with Gasteiger partial charge < -0.3 is 20.5 Å². The van der Waals surface area contributed by atoms with Gasteiger partial charge in [0, 0.05) is 11.1 Å². The minimum absolute atomic E-state index is 0.0881. The zero-order valence-electron chi connectivity index (χ0n) is 18.1. The zero-order valence-corrected chi connectivity index (χ0v) is 18.1. The van der Waals surface area contributed by atoms with Crippen LogP contribution in [0.4, 0.5) is 0 Å². The third kappa shape index (κ3) is 4.96. The molecule has 3 N–H and O–H groups in total. The van der Waals surface area contributed by atoms with Gasteiger partial charge in [-0.3, -0.25) is 9.59 Å². The van der Waals surface area contributed by atoms with Crippen molar-refractivity contribution in [3.05, 3.63) is 108 Å². The predicted molar refractivity (Wildman–Crippen MR) is 127 cm³/mol. The van der Waals surface area contributed by atoms with E-state index in [4.69, 9.17) is 4.74 Å². The maximum atomic E-state index is 12.9. The number of nitrogens with one attached hydrogen (secondary N) is 2. The molecular weight excluding hydrogens is 416 g/mol. The van der Waals surface area contributed by atoms with Crippen LogP contribution in [0.1, 0.15) is 27.5 Å². The molecule has 0 spiro atoms. The highest BCUT2D eigenvalue weighted by atomic mass is 16.5. The van der Waals surface area contributed by atoms with Gasteiger partial charge in [-0.2, -0.15) is 0 Å². The minimum Gasteiger partial charge on any atom is -0.508 e. The van der Waals surface area contributed by atoms with Crippen LogP contribution in [0, 0.1) is 0 Å². The SMILES string of the molecule is COc1ccc(C(=O)NCC(=O)NC(c2ccccc2)c2c(O)ccc3ccccc23)cc1. The molecule has 33 heavy (non-hydrogen) atoms. The van der Waals surface area contributed by atoms with Crippen LogP contribution in [0.25, 0.3) is 10.8 Å². The molecule has 0 aliphatic carbocycles. The summed E-state index contributed by atoms with van der Waals surface area (Å²) >= 11 is 0. The van der Waals surface area contributed by atoms with E-state index in [2.05, 4.69) is 10.6 Å². The molecule has 2 amide bonds. The van der Waals surface area contributed by atoms with Crippen LogP contribution in [0.2, 0.25) is 0 Å². The molecular formula is C27H24N2O4. The van der Waals surface area contributed by atoms with Crippen molar-refractivity contribution >= 4 is 22.6 Å². The molecule has 0 saturated heterocycles.